The molecule has 2 nitrogen and oxygen atoms in total. The molecule has 1 N–H and O–H groups in total. The minimum Gasteiger partial charge on any atom is -0.312 e. The second kappa shape index (κ2) is 6.10. The van der Waals surface area contributed by atoms with E-state index in [4.69, 9.17) is 23.2 Å². The van der Waals surface area contributed by atoms with Crippen LogP contribution >= 0.6 is 35.6 Å². The van der Waals surface area contributed by atoms with E-state index in [2.05, 4.69) is 10.3 Å². The normalized spacial score (nSPS) is 13.6. The lowest BCUT2D eigenvalue weighted by molar-refractivity contribution is 0.645. The molecule has 0 saturated carbocycles. The summed E-state index contributed by atoms with van der Waals surface area (Å²) in [5.41, 5.74) is 4.65. The number of nitrogens with one attached hydrogen (secondary N) is 1. The van der Waals surface area contributed by atoms with Gasteiger partial charge in [0.2, 0.25) is 0 Å². The number of hydrogen-bond acceptors (Lipinski definition) is 2. The lowest BCUT2D eigenvalue weighted by Crippen LogP contribution is -2.24. The number of fused-ring (bicyclic) bond motifs is 1. The van der Waals surface area contributed by atoms with E-state index < -0.39 is 0 Å². The molecular weight excluding hydrogens is 303 g/mol. The van der Waals surface area contributed by atoms with Gasteiger partial charge >= 0.3 is 0 Å². The Kier molecular flexibility index (Phi) is 4.69. The van der Waals surface area contributed by atoms with Crippen LogP contribution in [0, 0.1) is 0 Å². The summed E-state index contributed by atoms with van der Waals surface area (Å²) in [6, 6.07) is 5.94. The lowest BCUT2D eigenvalue weighted by atomic mass is 9.92. The lowest BCUT2D eigenvalue weighted by Gasteiger charge is -2.22. The summed E-state index contributed by atoms with van der Waals surface area (Å²) < 4.78 is 0. The third-order valence-corrected chi connectivity index (χ3v) is 3.95. The molecule has 1 aromatic carbocycles. The molecule has 2 aromatic rings. The molecule has 5 heteroatoms. The summed E-state index contributed by atoms with van der Waals surface area (Å²) in [5.74, 6) is 0. The van der Waals surface area contributed by atoms with E-state index in [1.54, 1.807) is 12.4 Å². The van der Waals surface area contributed by atoms with Gasteiger partial charge in [-0.2, -0.15) is 0 Å². The van der Waals surface area contributed by atoms with Crippen LogP contribution in [0.3, 0.4) is 0 Å². The monoisotopic (exact) mass is 314 g/mol. The van der Waals surface area contributed by atoms with Gasteiger partial charge in [0.15, 0.2) is 0 Å². The number of aromatic nitrogens is 1. The van der Waals surface area contributed by atoms with Crippen LogP contribution in [0.15, 0.2) is 30.6 Å². The molecule has 0 aliphatic carbocycles. The Bertz CT molecular complexity index is 599. The van der Waals surface area contributed by atoms with Gasteiger partial charge in [0.25, 0.3) is 0 Å². The number of pyridine rings is 1. The van der Waals surface area contributed by atoms with Crippen LogP contribution in [0.1, 0.15) is 11.1 Å². The van der Waals surface area contributed by atoms with Crippen molar-refractivity contribution in [1.82, 2.24) is 10.3 Å². The summed E-state index contributed by atoms with van der Waals surface area (Å²) in [6.45, 7) is 1.81. The first-order valence-corrected chi connectivity index (χ1v) is 6.64. The molecular formula is C14H13Cl3N2. The quantitative estimate of drug-likeness (QED) is 0.856. The van der Waals surface area contributed by atoms with Crippen molar-refractivity contribution in [1.29, 1.82) is 0 Å². The second-order valence-corrected chi connectivity index (χ2v) is 5.15. The highest BCUT2D eigenvalue weighted by molar-refractivity contribution is 6.33. The van der Waals surface area contributed by atoms with Crippen LogP contribution in [0.4, 0.5) is 0 Å². The van der Waals surface area contributed by atoms with Crippen LogP contribution in [-0.2, 0) is 13.0 Å². The zero-order chi connectivity index (χ0) is 12.5. The molecule has 1 aromatic heterocycles. The highest BCUT2D eigenvalue weighted by atomic mass is 35.5. The number of benzene rings is 1. The molecule has 0 fully saturated rings. The van der Waals surface area contributed by atoms with E-state index in [1.807, 2.05) is 18.2 Å². The first kappa shape index (κ1) is 14.6. The predicted octanol–water partition coefficient (Wildman–Crippen LogP) is 4.12. The molecule has 3 rings (SSSR count). The van der Waals surface area contributed by atoms with Gasteiger partial charge in [-0.25, -0.2) is 0 Å². The Morgan fingerprint density at radius 1 is 1.00 bits per heavy atom. The Balaban J connectivity index is 0.00000133. The maximum Gasteiger partial charge on any atom is 0.0667 e. The summed E-state index contributed by atoms with van der Waals surface area (Å²) in [5, 5.41) is 4.90. The van der Waals surface area contributed by atoms with Crippen molar-refractivity contribution in [3.05, 3.63) is 51.8 Å². The van der Waals surface area contributed by atoms with Gasteiger partial charge in [0, 0.05) is 29.5 Å². The van der Waals surface area contributed by atoms with Crippen LogP contribution in [0.25, 0.3) is 11.1 Å². The topological polar surface area (TPSA) is 24.9 Å². The third-order valence-electron chi connectivity index (χ3n) is 3.29. The van der Waals surface area contributed by atoms with Crippen LogP contribution in [-0.4, -0.2) is 11.5 Å². The fraction of sp³-hybridized carbons (Fsp3) is 0.214. The zero-order valence-corrected chi connectivity index (χ0v) is 12.4. The fourth-order valence-electron chi connectivity index (χ4n) is 2.41. The molecule has 2 heterocycles. The average molecular weight is 316 g/mol. The summed E-state index contributed by atoms with van der Waals surface area (Å²) in [4.78, 5) is 4.03. The molecule has 0 saturated heterocycles. The highest BCUT2D eigenvalue weighted by Crippen LogP contribution is 2.35. The fourth-order valence-corrected chi connectivity index (χ4v) is 2.90. The van der Waals surface area contributed by atoms with E-state index in [9.17, 15) is 0 Å². The maximum absolute atomic E-state index is 6.27. The minimum atomic E-state index is 0. The second-order valence-electron chi connectivity index (χ2n) is 4.33. The molecule has 0 unspecified atom stereocenters. The van der Waals surface area contributed by atoms with Gasteiger partial charge in [0.1, 0.15) is 0 Å². The van der Waals surface area contributed by atoms with Crippen molar-refractivity contribution in [3.8, 4) is 11.1 Å². The van der Waals surface area contributed by atoms with Crippen molar-refractivity contribution in [2.24, 2.45) is 0 Å². The molecule has 0 radical (unpaired) electrons. The molecule has 0 spiro atoms. The molecule has 1 aliphatic rings. The van der Waals surface area contributed by atoms with Gasteiger partial charge in [-0.15, -0.1) is 12.4 Å². The van der Waals surface area contributed by atoms with Crippen LogP contribution in [0.5, 0.6) is 0 Å². The van der Waals surface area contributed by atoms with E-state index in [-0.39, 0.29) is 12.4 Å². The first-order valence-electron chi connectivity index (χ1n) is 5.88. The summed E-state index contributed by atoms with van der Waals surface area (Å²) in [7, 11) is 0. The van der Waals surface area contributed by atoms with E-state index in [1.165, 1.54) is 11.1 Å². The largest absolute Gasteiger partial charge is 0.312 e. The molecule has 0 amide bonds. The smallest absolute Gasteiger partial charge is 0.0667 e. The summed E-state index contributed by atoms with van der Waals surface area (Å²) in [6.07, 6.45) is 4.40. The number of hydrogen-bond donors (Lipinski definition) is 1. The molecule has 19 heavy (non-hydrogen) atoms. The van der Waals surface area contributed by atoms with E-state index in [0.717, 1.165) is 35.7 Å². The highest BCUT2D eigenvalue weighted by Gasteiger charge is 2.17. The minimum absolute atomic E-state index is 0. The third kappa shape index (κ3) is 2.72. The number of nitrogens with zero attached hydrogens (tertiary/aromatic N) is 1. The number of halogens is 3. The molecule has 1 aliphatic heterocycles. The Hall–Kier alpha value is -0.800. The van der Waals surface area contributed by atoms with Gasteiger partial charge in [-0.1, -0.05) is 29.3 Å². The van der Waals surface area contributed by atoms with Gasteiger partial charge in [0.05, 0.1) is 5.02 Å². The van der Waals surface area contributed by atoms with Crippen molar-refractivity contribution >= 4 is 35.6 Å². The number of rotatable bonds is 1. The van der Waals surface area contributed by atoms with Crippen molar-refractivity contribution in [2.75, 3.05) is 6.54 Å². The van der Waals surface area contributed by atoms with Crippen molar-refractivity contribution in [3.63, 3.8) is 0 Å². The van der Waals surface area contributed by atoms with Gasteiger partial charge in [-0.05, 0) is 41.8 Å². The standard InChI is InChI=1S/C14H12Cl2N2.ClH/c15-13-2-1-9(10-3-6-18-8-14(10)16)12-7-17-5-4-11(12)13;/h1-3,6,8,17H,4-5,7H2;1H. The SMILES string of the molecule is Cl.Clc1cnccc1-c1ccc(Cl)c2c1CNCC2. The molecule has 100 valence electrons. The Morgan fingerprint density at radius 2 is 1.84 bits per heavy atom. The predicted molar refractivity (Wildman–Crippen MR) is 82.4 cm³/mol. The van der Waals surface area contributed by atoms with Crippen LogP contribution in [0.2, 0.25) is 10.0 Å². The Labute approximate surface area is 128 Å². The summed E-state index contributed by atoms with van der Waals surface area (Å²) >= 11 is 12.5. The molecule has 0 bridgehead atoms. The van der Waals surface area contributed by atoms with Gasteiger partial charge < -0.3 is 5.32 Å². The van der Waals surface area contributed by atoms with Crippen molar-refractivity contribution in [2.45, 2.75) is 13.0 Å². The van der Waals surface area contributed by atoms with E-state index >= 15 is 0 Å². The maximum atomic E-state index is 6.27. The van der Waals surface area contributed by atoms with Crippen molar-refractivity contribution < 1.29 is 0 Å². The Morgan fingerprint density at radius 3 is 2.63 bits per heavy atom. The van der Waals surface area contributed by atoms with E-state index in [0.29, 0.717) is 5.02 Å². The van der Waals surface area contributed by atoms with Gasteiger partial charge in [-0.3, -0.25) is 4.98 Å². The average Bonchev–Trinajstić information content (AvgIpc) is 2.41. The molecule has 0 atom stereocenters. The van der Waals surface area contributed by atoms with Crippen LogP contribution < -0.4 is 5.32 Å². The first-order chi connectivity index (χ1) is 8.77. The zero-order valence-electron chi connectivity index (χ0n) is 10.1.